The Bertz CT molecular complexity index is 516. The number of halogens is 2. The first kappa shape index (κ1) is 16.6. The topological polar surface area (TPSA) is 38.8 Å². The molecule has 1 aliphatic heterocycles. The molecule has 122 valence electrons. The Morgan fingerprint density at radius 3 is 2.50 bits per heavy atom. The Balaban J connectivity index is 1.82. The summed E-state index contributed by atoms with van der Waals surface area (Å²) in [5.41, 5.74) is 0.00133. The number of carbonyl (C=O) groups excluding carboxylic acids is 1. The number of benzene rings is 1. The molecule has 0 spiro atoms. The van der Waals surface area contributed by atoms with Crippen LogP contribution in [0.1, 0.15) is 0 Å². The van der Waals surface area contributed by atoms with Gasteiger partial charge in [-0.05, 0) is 26.2 Å². The molecule has 1 saturated heterocycles. The van der Waals surface area contributed by atoms with Gasteiger partial charge in [-0.3, -0.25) is 4.90 Å². The van der Waals surface area contributed by atoms with Crippen LogP contribution in [0, 0.1) is 11.6 Å². The highest BCUT2D eigenvalue weighted by Crippen LogP contribution is 2.16. The summed E-state index contributed by atoms with van der Waals surface area (Å²) in [6.07, 6.45) is 0. The van der Waals surface area contributed by atoms with E-state index in [1.807, 2.05) is 14.1 Å². The lowest BCUT2D eigenvalue weighted by molar-refractivity contribution is 0.140. The van der Waals surface area contributed by atoms with Crippen LogP contribution in [0.4, 0.5) is 19.3 Å². The van der Waals surface area contributed by atoms with Gasteiger partial charge in [0.15, 0.2) is 0 Å². The highest BCUT2D eigenvalue weighted by molar-refractivity contribution is 5.89. The van der Waals surface area contributed by atoms with Gasteiger partial charge >= 0.3 is 6.03 Å². The molecule has 5 nitrogen and oxygen atoms in total. The van der Waals surface area contributed by atoms with Crippen LogP contribution in [0.3, 0.4) is 0 Å². The Morgan fingerprint density at radius 1 is 1.23 bits per heavy atom. The molecule has 0 aromatic heterocycles. The number of rotatable bonds is 4. The van der Waals surface area contributed by atoms with Crippen LogP contribution in [0.5, 0.6) is 0 Å². The summed E-state index contributed by atoms with van der Waals surface area (Å²) in [4.78, 5) is 18.2. The van der Waals surface area contributed by atoms with E-state index in [-0.39, 0.29) is 11.7 Å². The first-order valence-corrected chi connectivity index (χ1v) is 7.34. The van der Waals surface area contributed by atoms with Gasteiger partial charge in [-0.2, -0.15) is 0 Å². The molecule has 2 rings (SSSR count). The van der Waals surface area contributed by atoms with Crippen LogP contribution in [0.15, 0.2) is 18.2 Å². The Morgan fingerprint density at radius 2 is 1.91 bits per heavy atom. The van der Waals surface area contributed by atoms with E-state index in [0.717, 1.165) is 38.3 Å². The first-order valence-electron chi connectivity index (χ1n) is 7.34. The van der Waals surface area contributed by atoms with Crippen LogP contribution in [0.25, 0.3) is 0 Å². The fourth-order valence-corrected chi connectivity index (χ4v) is 2.30. The molecule has 1 aromatic rings. The maximum absolute atomic E-state index is 13.5. The molecule has 2 amide bonds. The third-order valence-electron chi connectivity index (χ3n) is 3.70. The first-order chi connectivity index (χ1) is 10.5. The van der Waals surface area contributed by atoms with E-state index in [2.05, 4.69) is 15.1 Å². The number of hydrogen-bond donors (Lipinski definition) is 1. The van der Waals surface area contributed by atoms with Gasteiger partial charge in [0.25, 0.3) is 0 Å². The molecular weight excluding hydrogens is 290 g/mol. The molecular formula is C15H22F2N4O. The molecule has 1 heterocycles. The zero-order chi connectivity index (χ0) is 16.1. The van der Waals surface area contributed by atoms with Crippen LogP contribution in [0.2, 0.25) is 0 Å². The van der Waals surface area contributed by atoms with Crippen molar-refractivity contribution in [2.75, 3.05) is 58.7 Å². The predicted octanol–water partition coefficient (Wildman–Crippen LogP) is 1.68. The fraction of sp³-hybridized carbons (Fsp3) is 0.533. The summed E-state index contributed by atoms with van der Waals surface area (Å²) in [5, 5.41) is 2.49. The number of likely N-dealkylation sites (N-methyl/N-ethyl adjacent to an activating group) is 1. The van der Waals surface area contributed by atoms with Crippen molar-refractivity contribution in [3.05, 3.63) is 29.8 Å². The molecule has 0 bridgehead atoms. The molecule has 1 fully saturated rings. The van der Waals surface area contributed by atoms with E-state index in [9.17, 15) is 13.6 Å². The Labute approximate surface area is 129 Å². The number of hydrogen-bond acceptors (Lipinski definition) is 3. The van der Waals surface area contributed by atoms with Gasteiger partial charge in [-0.1, -0.05) is 0 Å². The molecule has 1 N–H and O–H groups in total. The minimum atomic E-state index is -0.766. The Hall–Kier alpha value is -1.73. The molecule has 0 radical (unpaired) electrons. The number of piperazine rings is 1. The van der Waals surface area contributed by atoms with E-state index >= 15 is 0 Å². The van der Waals surface area contributed by atoms with Crippen molar-refractivity contribution in [1.82, 2.24) is 14.7 Å². The number of anilines is 1. The monoisotopic (exact) mass is 312 g/mol. The lowest BCUT2D eigenvalue weighted by atomic mass is 10.3. The normalized spacial score (nSPS) is 16.1. The third-order valence-corrected chi connectivity index (χ3v) is 3.70. The maximum Gasteiger partial charge on any atom is 0.322 e. The molecule has 0 saturated carbocycles. The van der Waals surface area contributed by atoms with Crippen LogP contribution >= 0.6 is 0 Å². The number of nitrogens with zero attached hydrogens (tertiary/aromatic N) is 3. The Kier molecular flexibility index (Phi) is 5.68. The van der Waals surface area contributed by atoms with Crippen molar-refractivity contribution in [3.63, 3.8) is 0 Å². The number of urea groups is 1. The van der Waals surface area contributed by atoms with Crippen LogP contribution in [-0.2, 0) is 0 Å². The maximum atomic E-state index is 13.5. The van der Waals surface area contributed by atoms with Gasteiger partial charge < -0.3 is 15.1 Å². The number of amides is 2. The third kappa shape index (κ3) is 4.64. The second-order valence-corrected chi connectivity index (χ2v) is 5.69. The minimum absolute atomic E-state index is 0.00133. The summed E-state index contributed by atoms with van der Waals surface area (Å²) in [6.45, 7) is 4.74. The second kappa shape index (κ2) is 7.51. The summed E-state index contributed by atoms with van der Waals surface area (Å²) in [7, 11) is 4.06. The molecule has 1 aromatic carbocycles. The summed E-state index contributed by atoms with van der Waals surface area (Å²) in [6, 6.07) is 2.76. The molecule has 0 unspecified atom stereocenters. The largest absolute Gasteiger partial charge is 0.322 e. The quantitative estimate of drug-likeness (QED) is 0.919. The van der Waals surface area contributed by atoms with Crippen molar-refractivity contribution in [2.24, 2.45) is 0 Å². The minimum Gasteiger partial charge on any atom is -0.322 e. The van der Waals surface area contributed by atoms with E-state index < -0.39 is 11.6 Å². The van der Waals surface area contributed by atoms with Crippen LogP contribution in [-0.4, -0.2) is 74.1 Å². The average Bonchev–Trinajstić information content (AvgIpc) is 2.48. The van der Waals surface area contributed by atoms with E-state index in [4.69, 9.17) is 0 Å². The highest BCUT2D eigenvalue weighted by atomic mass is 19.1. The van der Waals surface area contributed by atoms with Crippen molar-refractivity contribution < 1.29 is 13.6 Å². The SMILES string of the molecule is CN(C)CCN1CCN(C(=O)Nc2ccc(F)cc2F)CC1. The summed E-state index contributed by atoms with van der Waals surface area (Å²) >= 11 is 0. The molecule has 1 aliphatic rings. The molecule has 22 heavy (non-hydrogen) atoms. The van der Waals surface area contributed by atoms with Crippen molar-refractivity contribution in [2.45, 2.75) is 0 Å². The van der Waals surface area contributed by atoms with Gasteiger partial charge in [-0.25, -0.2) is 13.6 Å². The van der Waals surface area contributed by atoms with Crippen molar-refractivity contribution >= 4 is 11.7 Å². The molecule has 0 atom stereocenters. The number of nitrogens with one attached hydrogen (secondary N) is 1. The highest BCUT2D eigenvalue weighted by Gasteiger charge is 2.21. The van der Waals surface area contributed by atoms with Crippen LogP contribution < -0.4 is 5.32 Å². The lowest BCUT2D eigenvalue weighted by Crippen LogP contribution is -2.51. The molecule has 0 aliphatic carbocycles. The van der Waals surface area contributed by atoms with Crippen molar-refractivity contribution in [1.29, 1.82) is 0 Å². The standard InChI is InChI=1S/C15H22F2N4O/c1-19(2)5-6-20-7-9-21(10-8-20)15(22)18-14-4-3-12(16)11-13(14)17/h3-4,11H,5-10H2,1-2H3,(H,18,22). The lowest BCUT2D eigenvalue weighted by Gasteiger charge is -2.35. The average molecular weight is 312 g/mol. The predicted molar refractivity (Wildman–Crippen MR) is 81.9 cm³/mol. The smallest absolute Gasteiger partial charge is 0.322 e. The fourth-order valence-electron chi connectivity index (χ4n) is 2.30. The zero-order valence-electron chi connectivity index (χ0n) is 13.0. The zero-order valence-corrected chi connectivity index (χ0v) is 13.0. The van der Waals surface area contributed by atoms with Gasteiger partial charge in [0.05, 0.1) is 5.69 Å². The van der Waals surface area contributed by atoms with Gasteiger partial charge in [0.2, 0.25) is 0 Å². The van der Waals surface area contributed by atoms with Gasteiger partial charge in [-0.15, -0.1) is 0 Å². The summed E-state index contributed by atoms with van der Waals surface area (Å²) < 4.78 is 26.4. The second-order valence-electron chi connectivity index (χ2n) is 5.69. The van der Waals surface area contributed by atoms with Gasteiger partial charge in [0.1, 0.15) is 11.6 Å². The van der Waals surface area contributed by atoms with Gasteiger partial charge in [0, 0.05) is 45.3 Å². The molecule has 7 heteroatoms. The number of carbonyl (C=O) groups is 1. The van der Waals surface area contributed by atoms with Crippen molar-refractivity contribution in [3.8, 4) is 0 Å². The summed E-state index contributed by atoms with van der Waals surface area (Å²) in [5.74, 6) is -1.43. The van der Waals surface area contributed by atoms with E-state index in [1.165, 1.54) is 6.07 Å². The van der Waals surface area contributed by atoms with E-state index in [1.54, 1.807) is 4.90 Å². The van der Waals surface area contributed by atoms with E-state index in [0.29, 0.717) is 13.1 Å².